The van der Waals surface area contributed by atoms with E-state index >= 15 is 0 Å². The first-order valence-electron chi connectivity index (χ1n) is 8.68. The number of aromatic nitrogens is 5. The maximum absolute atomic E-state index is 11.0. The van der Waals surface area contributed by atoms with E-state index in [1.807, 2.05) is 36.4 Å². The Balaban J connectivity index is 1.53. The normalized spacial score (nSPS) is 11.9. The molecular formula is C19H21N5O3. The molecule has 0 bridgehead atoms. The fraction of sp³-hybridized carbons (Fsp3) is 0.316. The van der Waals surface area contributed by atoms with Gasteiger partial charge in [0, 0.05) is 12.6 Å². The average molecular weight is 367 g/mol. The van der Waals surface area contributed by atoms with E-state index in [1.165, 1.54) is 4.68 Å². The first kappa shape index (κ1) is 18.7. The van der Waals surface area contributed by atoms with Crippen molar-refractivity contribution in [3.63, 3.8) is 0 Å². The van der Waals surface area contributed by atoms with Crippen LogP contribution in [0.1, 0.15) is 18.9 Å². The monoisotopic (exact) mass is 367 g/mol. The maximum Gasteiger partial charge on any atom is 0.200 e. The number of hydrogen-bond acceptors (Lipinski definition) is 7. The Morgan fingerprint density at radius 3 is 2.74 bits per heavy atom. The Morgan fingerprint density at radius 1 is 1.22 bits per heavy atom. The zero-order valence-electron chi connectivity index (χ0n) is 15.0. The van der Waals surface area contributed by atoms with Gasteiger partial charge in [0.15, 0.2) is 0 Å². The van der Waals surface area contributed by atoms with Crippen LogP contribution in [0.4, 0.5) is 0 Å². The number of Topliss-reactive ketones (excluding diaryl/α,β-unsaturated/α-hetero) is 1. The summed E-state index contributed by atoms with van der Waals surface area (Å²) in [6, 6.07) is 13.0. The van der Waals surface area contributed by atoms with Crippen molar-refractivity contribution in [2.45, 2.75) is 32.4 Å². The third-order valence-electron chi connectivity index (χ3n) is 3.94. The van der Waals surface area contributed by atoms with Crippen molar-refractivity contribution in [1.29, 1.82) is 0 Å². The molecule has 0 aliphatic heterocycles. The van der Waals surface area contributed by atoms with Crippen molar-refractivity contribution in [3.8, 4) is 17.3 Å². The molecule has 0 fully saturated rings. The van der Waals surface area contributed by atoms with Crippen molar-refractivity contribution in [1.82, 2.24) is 25.2 Å². The Morgan fingerprint density at radius 2 is 2.04 bits per heavy atom. The molecule has 1 aromatic carbocycles. The number of aliphatic hydroxyl groups excluding tert-OH is 1. The fourth-order valence-electron chi connectivity index (χ4n) is 2.52. The highest BCUT2D eigenvalue weighted by molar-refractivity contribution is 5.75. The molecule has 8 heteroatoms. The minimum atomic E-state index is -0.784. The first-order chi connectivity index (χ1) is 13.1. The molecule has 0 amide bonds. The second kappa shape index (κ2) is 9.00. The van der Waals surface area contributed by atoms with Crippen molar-refractivity contribution >= 4 is 5.78 Å². The van der Waals surface area contributed by atoms with Gasteiger partial charge in [-0.2, -0.15) is 0 Å². The lowest BCUT2D eigenvalue weighted by molar-refractivity contribution is -0.116. The molecule has 3 aromatic rings. The summed E-state index contributed by atoms with van der Waals surface area (Å²) >= 11 is 0. The largest absolute Gasteiger partial charge is 0.491 e. The third kappa shape index (κ3) is 5.42. The molecule has 1 N–H and O–H groups in total. The molecule has 140 valence electrons. The Bertz CT molecular complexity index is 865. The fourth-order valence-corrected chi connectivity index (χ4v) is 2.52. The van der Waals surface area contributed by atoms with E-state index < -0.39 is 6.10 Å². The van der Waals surface area contributed by atoms with Gasteiger partial charge in [-0.3, -0.25) is 4.98 Å². The Hall–Kier alpha value is -3.13. The zero-order chi connectivity index (χ0) is 19.1. The molecule has 1 atom stereocenters. The van der Waals surface area contributed by atoms with Crippen LogP contribution in [0.2, 0.25) is 0 Å². The number of tetrazole rings is 1. The van der Waals surface area contributed by atoms with Gasteiger partial charge < -0.3 is 14.6 Å². The van der Waals surface area contributed by atoms with Crippen molar-refractivity contribution < 1.29 is 14.6 Å². The molecule has 8 nitrogen and oxygen atoms in total. The zero-order valence-corrected chi connectivity index (χ0v) is 15.0. The number of ketones is 1. The minimum absolute atomic E-state index is 0.105. The van der Waals surface area contributed by atoms with Crippen molar-refractivity contribution in [2.75, 3.05) is 6.61 Å². The SMILES string of the molecule is CC(=O)CCc1ccc(OCC(O)Cn2nnnc2-c2ccccn2)cc1. The van der Waals surface area contributed by atoms with Crippen LogP contribution in [0, 0.1) is 0 Å². The van der Waals surface area contributed by atoms with Gasteiger partial charge in [-0.05, 0) is 53.6 Å². The minimum Gasteiger partial charge on any atom is -0.491 e. The summed E-state index contributed by atoms with van der Waals surface area (Å²) < 4.78 is 7.13. The van der Waals surface area contributed by atoms with Crippen LogP contribution in [-0.2, 0) is 17.8 Å². The van der Waals surface area contributed by atoms with Gasteiger partial charge in [0.1, 0.15) is 29.9 Å². The number of benzene rings is 1. The van der Waals surface area contributed by atoms with E-state index in [-0.39, 0.29) is 18.9 Å². The molecule has 27 heavy (non-hydrogen) atoms. The predicted octanol–water partition coefficient (Wildman–Crippen LogP) is 1.70. The number of carbonyl (C=O) groups is 1. The molecule has 0 radical (unpaired) electrons. The highest BCUT2D eigenvalue weighted by atomic mass is 16.5. The van der Waals surface area contributed by atoms with Gasteiger partial charge in [-0.25, -0.2) is 4.68 Å². The molecule has 0 spiro atoms. The summed E-state index contributed by atoms with van der Waals surface area (Å²) in [5.74, 6) is 1.32. The van der Waals surface area contributed by atoms with Crippen LogP contribution in [0.3, 0.4) is 0 Å². The molecule has 3 rings (SSSR count). The van der Waals surface area contributed by atoms with Gasteiger partial charge in [-0.15, -0.1) is 5.10 Å². The van der Waals surface area contributed by atoms with Crippen LogP contribution < -0.4 is 4.74 Å². The topological polar surface area (TPSA) is 103 Å². The summed E-state index contributed by atoms with van der Waals surface area (Å²) in [6.45, 7) is 1.88. The smallest absolute Gasteiger partial charge is 0.200 e. The van der Waals surface area contributed by atoms with E-state index in [0.717, 1.165) is 5.56 Å². The van der Waals surface area contributed by atoms with Crippen molar-refractivity contribution in [3.05, 3.63) is 54.2 Å². The second-order valence-electron chi connectivity index (χ2n) is 6.21. The summed E-state index contributed by atoms with van der Waals surface area (Å²) in [5, 5.41) is 21.8. The number of rotatable bonds is 9. The number of aryl methyl sites for hydroxylation is 1. The van der Waals surface area contributed by atoms with Crippen LogP contribution in [0.25, 0.3) is 11.5 Å². The standard InChI is InChI=1S/C19H21N5O3/c1-14(25)5-6-15-7-9-17(10-8-15)27-13-16(26)12-24-19(21-22-23-24)18-4-2-3-11-20-18/h2-4,7-11,16,26H,5-6,12-13H2,1H3. The van der Waals surface area contributed by atoms with Gasteiger partial charge >= 0.3 is 0 Å². The van der Waals surface area contributed by atoms with Crippen LogP contribution in [-0.4, -0.2) is 48.8 Å². The third-order valence-corrected chi connectivity index (χ3v) is 3.94. The van der Waals surface area contributed by atoms with Crippen LogP contribution in [0.5, 0.6) is 5.75 Å². The summed E-state index contributed by atoms with van der Waals surface area (Å²) in [6.07, 6.45) is 2.12. The molecule has 2 heterocycles. The highest BCUT2D eigenvalue weighted by Gasteiger charge is 2.14. The number of ether oxygens (including phenoxy) is 1. The van der Waals surface area contributed by atoms with Gasteiger partial charge in [0.2, 0.25) is 5.82 Å². The van der Waals surface area contributed by atoms with Crippen molar-refractivity contribution in [2.24, 2.45) is 0 Å². The Kier molecular flexibility index (Phi) is 6.22. The number of aliphatic hydroxyl groups is 1. The van der Waals surface area contributed by atoms with Gasteiger partial charge in [-0.1, -0.05) is 18.2 Å². The summed E-state index contributed by atoms with van der Waals surface area (Å²) in [4.78, 5) is 15.3. The molecular weight excluding hydrogens is 346 g/mol. The molecule has 1 unspecified atom stereocenters. The van der Waals surface area contributed by atoms with Crippen LogP contribution in [0.15, 0.2) is 48.7 Å². The lowest BCUT2D eigenvalue weighted by Gasteiger charge is -2.13. The highest BCUT2D eigenvalue weighted by Crippen LogP contribution is 2.15. The lowest BCUT2D eigenvalue weighted by Crippen LogP contribution is -2.24. The number of hydrogen-bond donors (Lipinski definition) is 1. The van der Waals surface area contributed by atoms with E-state index in [0.29, 0.717) is 30.1 Å². The quantitative estimate of drug-likeness (QED) is 0.614. The number of nitrogens with zero attached hydrogens (tertiary/aromatic N) is 5. The molecule has 0 saturated carbocycles. The lowest BCUT2D eigenvalue weighted by atomic mass is 10.1. The predicted molar refractivity (Wildman–Crippen MR) is 98.0 cm³/mol. The Labute approximate surface area is 156 Å². The van der Waals surface area contributed by atoms with Gasteiger partial charge in [0.25, 0.3) is 0 Å². The van der Waals surface area contributed by atoms with E-state index in [2.05, 4.69) is 20.5 Å². The summed E-state index contributed by atoms with van der Waals surface area (Å²) in [5.41, 5.74) is 1.71. The summed E-state index contributed by atoms with van der Waals surface area (Å²) in [7, 11) is 0. The van der Waals surface area contributed by atoms with E-state index in [4.69, 9.17) is 4.74 Å². The average Bonchev–Trinajstić information content (AvgIpc) is 3.14. The maximum atomic E-state index is 11.0. The van der Waals surface area contributed by atoms with Crippen LogP contribution >= 0.6 is 0 Å². The molecule has 2 aromatic heterocycles. The number of pyridine rings is 1. The van der Waals surface area contributed by atoms with E-state index in [1.54, 1.807) is 19.2 Å². The van der Waals surface area contributed by atoms with Gasteiger partial charge in [0.05, 0.1) is 6.54 Å². The second-order valence-corrected chi connectivity index (χ2v) is 6.21. The number of carbonyl (C=O) groups excluding carboxylic acids is 1. The molecule has 0 aliphatic rings. The van der Waals surface area contributed by atoms with E-state index in [9.17, 15) is 9.90 Å². The first-order valence-corrected chi connectivity index (χ1v) is 8.68. The molecule has 0 aliphatic carbocycles. The molecule has 0 saturated heterocycles.